The van der Waals surface area contributed by atoms with Gasteiger partial charge in [-0.15, -0.1) is 6.58 Å². The van der Waals surface area contributed by atoms with Gasteiger partial charge in [0.05, 0.1) is 17.1 Å². The minimum absolute atomic E-state index is 0.107. The minimum atomic E-state index is -3.71. The molecule has 6 heteroatoms. The van der Waals surface area contributed by atoms with Crippen LogP contribution in [0.25, 0.3) is 0 Å². The summed E-state index contributed by atoms with van der Waals surface area (Å²) >= 11 is 0. The first-order chi connectivity index (χ1) is 14.0. The van der Waals surface area contributed by atoms with E-state index in [-0.39, 0.29) is 23.4 Å². The summed E-state index contributed by atoms with van der Waals surface area (Å²) in [6, 6.07) is 15.2. The molecule has 2 aromatic carbocycles. The molecule has 1 fully saturated rings. The molecule has 29 heavy (non-hydrogen) atoms. The van der Waals surface area contributed by atoms with Crippen molar-refractivity contribution in [2.75, 3.05) is 10.8 Å². The second kappa shape index (κ2) is 9.74. The number of amides is 1. The van der Waals surface area contributed by atoms with Crippen LogP contribution < -0.4 is 9.62 Å². The van der Waals surface area contributed by atoms with Crippen LogP contribution in [0.2, 0.25) is 0 Å². The van der Waals surface area contributed by atoms with Crippen LogP contribution in [0.4, 0.5) is 5.69 Å². The number of nitrogens with one attached hydrogen (secondary N) is 1. The molecule has 0 aliphatic heterocycles. The average Bonchev–Trinajstić information content (AvgIpc) is 3.01. The summed E-state index contributed by atoms with van der Waals surface area (Å²) in [4.78, 5) is 12.8. The third-order valence-electron chi connectivity index (χ3n) is 5.23. The van der Waals surface area contributed by atoms with E-state index < -0.39 is 10.0 Å². The van der Waals surface area contributed by atoms with Crippen LogP contribution in [-0.4, -0.2) is 26.9 Å². The molecule has 0 spiro atoms. The number of hydrogen-bond donors (Lipinski definition) is 1. The van der Waals surface area contributed by atoms with Gasteiger partial charge < -0.3 is 5.32 Å². The van der Waals surface area contributed by atoms with Gasteiger partial charge in [-0.25, -0.2) is 8.42 Å². The lowest BCUT2D eigenvalue weighted by atomic mass is 10.1. The van der Waals surface area contributed by atoms with E-state index in [1.165, 1.54) is 17.1 Å². The van der Waals surface area contributed by atoms with Gasteiger partial charge in [-0.2, -0.15) is 0 Å². The molecule has 0 saturated heterocycles. The highest BCUT2D eigenvalue weighted by atomic mass is 32.2. The van der Waals surface area contributed by atoms with Crippen molar-refractivity contribution < 1.29 is 13.2 Å². The highest BCUT2D eigenvalue weighted by Crippen LogP contribution is 2.24. The molecule has 1 saturated carbocycles. The normalized spacial score (nSPS) is 15.3. The van der Waals surface area contributed by atoms with Crippen molar-refractivity contribution in [3.8, 4) is 0 Å². The van der Waals surface area contributed by atoms with E-state index in [9.17, 15) is 13.2 Å². The van der Waals surface area contributed by atoms with Crippen LogP contribution in [0.15, 0.2) is 72.1 Å². The molecule has 5 nitrogen and oxygen atoms in total. The van der Waals surface area contributed by atoms with E-state index >= 15 is 0 Å². The summed E-state index contributed by atoms with van der Waals surface area (Å²) in [5, 5.41) is 3.12. The molecule has 0 heterocycles. The zero-order valence-electron chi connectivity index (χ0n) is 16.6. The first kappa shape index (κ1) is 21.1. The number of carbonyl (C=O) groups is 1. The summed E-state index contributed by atoms with van der Waals surface area (Å²) in [5.74, 6) is -0.107. The maximum Gasteiger partial charge on any atom is 0.264 e. The van der Waals surface area contributed by atoms with Crippen LogP contribution in [0.3, 0.4) is 0 Å². The predicted octanol–water partition coefficient (Wildman–Crippen LogP) is 4.52. The molecule has 0 aromatic heterocycles. The Hall–Kier alpha value is -2.60. The number of benzene rings is 2. The maximum absolute atomic E-state index is 13.0. The smallest absolute Gasteiger partial charge is 0.264 e. The summed E-state index contributed by atoms with van der Waals surface area (Å²) in [7, 11) is -3.71. The summed E-state index contributed by atoms with van der Waals surface area (Å²) in [6.07, 6.45) is 8.35. The number of sulfonamides is 1. The van der Waals surface area contributed by atoms with E-state index in [4.69, 9.17) is 0 Å². The lowest BCUT2D eigenvalue weighted by Gasteiger charge is -2.23. The largest absolute Gasteiger partial charge is 0.349 e. The third-order valence-corrected chi connectivity index (χ3v) is 7.04. The van der Waals surface area contributed by atoms with Crippen LogP contribution in [0.1, 0.15) is 48.9 Å². The van der Waals surface area contributed by atoms with E-state index in [1.807, 2.05) is 0 Å². The number of rotatable bonds is 7. The molecule has 1 amide bonds. The van der Waals surface area contributed by atoms with Gasteiger partial charge in [0.15, 0.2) is 0 Å². The topological polar surface area (TPSA) is 66.5 Å². The zero-order chi connectivity index (χ0) is 20.7. The summed E-state index contributed by atoms with van der Waals surface area (Å²) in [5.41, 5.74) is 1.04. The third kappa shape index (κ3) is 5.26. The Morgan fingerprint density at radius 3 is 2.21 bits per heavy atom. The summed E-state index contributed by atoms with van der Waals surface area (Å²) in [6.45, 7) is 3.83. The monoisotopic (exact) mass is 412 g/mol. The Labute approximate surface area is 173 Å². The molecule has 154 valence electrons. The first-order valence-corrected chi connectivity index (χ1v) is 11.6. The molecular formula is C23H28N2O3S. The van der Waals surface area contributed by atoms with Gasteiger partial charge in [-0.05, 0) is 49.2 Å². The van der Waals surface area contributed by atoms with Crippen molar-refractivity contribution >= 4 is 21.6 Å². The predicted molar refractivity (Wildman–Crippen MR) is 117 cm³/mol. The minimum Gasteiger partial charge on any atom is -0.349 e. The Morgan fingerprint density at radius 1 is 1.00 bits per heavy atom. The van der Waals surface area contributed by atoms with E-state index in [1.54, 1.807) is 60.7 Å². The molecule has 0 atom stereocenters. The van der Waals surface area contributed by atoms with Gasteiger partial charge in [0.25, 0.3) is 15.9 Å². The fourth-order valence-corrected chi connectivity index (χ4v) is 5.11. The van der Waals surface area contributed by atoms with Crippen LogP contribution >= 0.6 is 0 Å². The van der Waals surface area contributed by atoms with Crippen LogP contribution in [-0.2, 0) is 10.0 Å². The first-order valence-electron chi connectivity index (χ1n) is 10.1. The van der Waals surface area contributed by atoms with Gasteiger partial charge in [0.1, 0.15) is 0 Å². The molecular weight excluding hydrogens is 384 g/mol. The number of carbonyl (C=O) groups excluding carboxylic acids is 1. The van der Waals surface area contributed by atoms with Crippen LogP contribution in [0.5, 0.6) is 0 Å². The van der Waals surface area contributed by atoms with Crippen molar-refractivity contribution in [2.45, 2.75) is 49.5 Å². The van der Waals surface area contributed by atoms with Crippen molar-refractivity contribution in [3.05, 3.63) is 72.8 Å². The van der Waals surface area contributed by atoms with Crippen molar-refractivity contribution in [1.82, 2.24) is 5.32 Å². The fraction of sp³-hybridized carbons (Fsp3) is 0.348. The second-order valence-corrected chi connectivity index (χ2v) is 9.21. The molecule has 1 aliphatic rings. The van der Waals surface area contributed by atoms with Gasteiger partial charge in [0.2, 0.25) is 0 Å². The molecule has 1 aliphatic carbocycles. The highest BCUT2D eigenvalue weighted by molar-refractivity contribution is 7.92. The SMILES string of the molecule is C=CCN(c1ccc(C(=O)NC2CCCCCC2)cc1)S(=O)(=O)c1ccccc1. The molecule has 2 aromatic rings. The molecule has 3 rings (SSSR count). The van der Waals surface area contributed by atoms with Crippen molar-refractivity contribution in [2.24, 2.45) is 0 Å². The quantitative estimate of drug-likeness (QED) is 0.537. The van der Waals surface area contributed by atoms with Gasteiger partial charge in [-0.3, -0.25) is 9.10 Å². The zero-order valence-corrected chi connectivity index (χ0v) is 17.4. The fourth-order valence-electron chi connectivity index (χ4n) is 3.65. The Balaban J connectivity index is 1.77. The molecule has 1 N–H and O–H groups in total. The van der Waals surface area contributed by atoms with E-state index in [0.717, 1.165) is 25.7 Å². The number of nitrogens with zero attached hydrogens (tertiary/aromatic N) is 1. The van der Waals surface area contributed by atoms with Gasteiger partial charge in [-0.1, -0.05) is 50.0 Å². The molecule has 0 radical (unpaired) electrons. The lowest BCUT2D eigenvalue weighted by molar-refractivity contribution is 0.0933. The lowest BCUT2D eigenvalue weighted by Crippen LogP contribution is -2.34. The van der Waals surface area contributed by atoms with Crippen LogP contribution in [0, 0.1) is 0 Å². The molecule has 0 bridgehead atoms. The van der Waals surface area contributed by atoms with E-state index in [2.05, 4.69) is 11.9 Å². The Kier molecular flexibility index (Phi) is 7.09. The summed E-state index contributed by atoms with van der Waals surface area (Å²) < 4.78 is 27.4. The maximum atomic E-state index is 13.0. The standard InChI is InChI=1S/C23H28N2O3S/c1-2-18-25(29(27,28)22-12-8-5-9-13-22)21-16-14-19(15-17-21)23(26)24-20-10-6-3-4-7-11-20/h2,5,8-9,12-17,20H,1,3-4,6-7,10-11,18H2,(H,24,26). The van der Waals surface area contributed by atoms with Gasteiger partial charge in [0, 0.05) is 11.6 Å². The molecule has 0 unspecified atom stereocenters. The van der Waals surface area contributed by atoms with Crippen molar-refractivity contribution in [1.29, 1.82) is 0 Å². The average molecular weight is 413 g/mol. The highest BCUT2D eigenvalue weighted by Gasteiger charge is 2.24. The second-order valence-electron chi connectivity index (χ2n) is 7.35. The number of hydrogen-bond acceptors (Lipinski definition) is 3. The Morgan fingerprint density at radius 2 is 1.62 bits per heavy atom. The van der Waals surface area contributed by atoms with Gasteiger partial charge >= 0.3 is 0 Å². The van der Waals surface area contributed by atoms with E-state index in [0.29, 0.717) is 11.3 Å². The number of anilines is 1. The van der Waals surface area contributed by atoms with Crippen molar-refractivity contribution in [3.63, 3.8) is 0 Å². The Bertz CT molecular complexity index is 916.